The number of carbonyl (C=O) groups is 1. The fraction of sp³-hybridized carbons (Fsp3) is 0.0833. The van der Waals surface area contributed by atoms with E-state index in [0.717, 1.165) is 0 Å². The Morgan fingerprint density at radius 2 is 1.94 bits per heavy atom. The van der Waals surface area contributed by atoms with Gasteiger partial charge in [0.25, 0.3) is 5.91 Å². The fourth-order valence-corrected chi connectivity index (χ4v) is 1.28. The number of benzene rings is 1. The average molecular weight is 244 g/mol. The van der Waals surface area contributed by atoms with Crippen LogP contribution in [0.2, 0.25) is 0 Å². The number of carbonyl (C=O) groups excluding carboxylic acids is 1. The molecule has 0 fully saturated rings. The van der Waals surface area contributed by atoms with Gasteiger partial charge >= 0.3 is 0 Å². The Labute approximate surface area is 104 Å². The van der Waals surface area contributed by atoms with Gasteiger partial charge in [0.2, 0.25) is 5.95 Å². The summed E-state index contributed by atoms with van der Waals surface area (Å²) in [7, 11) is 0. The summed E-state index contributed by atoms with van der Waals surface area (Å²) in [5, 5.41) is 2.50. The maximum Gasteiger partial charge on any atom is 0.264 e. The molecule has 6 nitrogen and oxygen atoms in total. The zero-order chi connectivity index (χ0) is 12.8. The van der Waals surface area contributed by atoms with Crippen LogP contribution in [-0.2, 0) is 4.79 Å². The van der Waals surface area contributed by atoms with E-state index < -0.39 is 0 Å². The largest absolute Gasteiger partial charge is 0.482 e. The van der Waals surface area contributed by atoms with Crippen molar-refractivity contribution in [3.63, 3.8) is 0 Å². The summed E-state index contributed by atoms with van der Waals surface area (Å²) >= 11 is 0. The second kappa shape index (κ2) is 5.62. The van der Waals surface area contributed by atoms with Crippen LogP contribution in [0.5, 0.6) is 5.75 Å². The van der Waals surface area contributed by atoms with E-state index >= 15 is 0 Å². The highest BCUT2D eigenvalue weighted by Crippen LogP contribution is 2.19. The molecule has 1 aromatic heterocycles. The number of hydrogen-bond acceptors (Lipinski definition) is 5. The molecule has 3 N–H and O–H groups in total. The van der Waals surface area contributed by atoms with E-state index in [1.54, 1.807) is 42.7 Å². The van der Waals surface area contributed by atoms with E-state index in [1.807, 2.05) is 0 Å². The number of nitrogens with two attached hydrogens (primary N) is 1. The Balaban J connectivity index is 1.88. The molecule has 18 heavy (non-hydrogen) atoms. The summed E-state index contributed by atoms with van der Waals surface area (Å²) in [6.45, 7) is -0.146. The van der Waals surface area contributed by atoms with Crippen LogP contribution in [0.4, 0.5) is 11.6 Å². The number of hydrogen-bond donors (Lipinski definition) is 2. The van der Waals surface area contributed by atoms with E-state index in [-0.39, 0.29) is 18.5 Å². The van der Waals surface area contributed by atoms with Crippen molar-refractivity contribution in [2.45, 2.75) is 0 Å². The summed E-state index contributed by atoms with van der Waals surface area (Å²) in [4.78, 5) is 19.3. The number of para-hydroxylation sites is 2. The minimum Gasteiger partial charge on any atom is -0.482 e. The second-order valence-electron chi connectivity index (χ2n) is 3.45. The van der Waals surface area contributed by atoms with E-state index in [0.29, 0.717) is 11.4 Å². The lowest BCUT2D eigenvalue weighted by atomic mass is 10.3. The summed E-state index contributed by atoms with van der Waals surface area (Å²) in [5.41, 5.74) is 6.17. The van der Waals surface area contributed by atoms with Gasteiger partial charge in [-0.15, -0.1) is 0 Å². The molecule has 2 rings (SSSR count). The highest BCUT2D eigenvalue weighted by atomic mass is 16.5. The summed E-state index contributed by atoms with van der Waals surface area (Å²) in [5.74, 6) is 0.373. The Bertz CT molecular complexity index is 531. The van der Waals surface area contributed by atoms with E-state index in [4.69, 9.17) is 10.5 Å². The third kappa shape index (κ3) is 3.18. The topological polar surface area (TPSA) is 90.1 Å². The van der Waals surface area contributed by atoms with E-state index in [2.05, 4.69) is 15.3 Å². The van der Waals surface area contributed by atoms with Crippen molar-refractivity contribution in [3.05, 3.63) is 42.7 Å². The van der Waals surface area contributed by atoms with Gasteiger partial charge in [-0.2, -0.15) is 0 Å². The molecule has 0 spiro atoms. The van der Waals surface area contributed by atoms with Crippen LogP contribution >= 0.6 is 0 Å². The molecule has 0 saturated heterocycles. The third-order valence-electron chi connectivity index (χ3n) is 2.09. The van der Waals surface area contributed by atoms with Crippen molar-refractivity contribution in [1.82, 2.24) is 9.97 Å². The van der Waals surface area contributed by atoms with Gasteiger partial charge in [-0.1, -0.05) is 12.1 Å². The summed E-state index contributed by atoms with van der Waals surface area (Å²) in [6.07, 6.45) is 3.08. The van der Waals surface area contributed by atoms with Crippen molar-refractivity contribution < 1.29 is 9.53 Å². The standard InChI is InChI=1S/C12H12N4O2/c13-9-4-1-2-5-10(9)18-8-11(17)16-12-14-6-3-7-15-12/h1-7H,8,13H2,(H,14,15,16,17). The number of nitrogens with one attached hydrogen (secondary N) is 1. The molecule has 0 aliphatic carbocycles. The number of aromatic nitrogens is 2. The lowest BCUT2D eigenvalue weighted by Gasteiger charge is -2.08. The lowest BCUT2D eigenvalue weighted by molar-refractivity contribution is -0.118. The van der Waals surface area contributed by atoms with E-state index in [9.17, 15) is 4.79 Å². The third-order valence-corrected chi connectivity index (χ3v) is 2.09. The van der Waals surface area contributed by atoms with Crippen molar-refractivity contribution in [2.24, 2.45) is 0 Å². The SMILES string of the molecule is Nc1ccccc1OCC(=O)Nc1ncccn1. The van der Waals surface area contributed by atoms with Crippen molar-refractivity contribution in [3.8, 4) is 5.75 Å². The van der Waals surface area contributed by atoms with Crippen LogP contribution in [-0.4, -0.2) is 22.5 Å². The van der Waals surface area contributed by atoms with Crippen LogP contribution in [0.3, 0.4) is 0 Å². The molecule has 1 amide bonds. The molecular weight excluding hydrogens is 232 g/mol. The molecule has 92 valence electrons. The fourth-order valence-electron chi connectivity index (χ4n) is 1.28. The number of anilines is 2. The molecule has 1 heterocycles. The Morgan fingerprint density at radius 1 is 1.22 bits per heavy atom. The van der Waals surface area contributed by atoms with Crippen molar-refractivity contribution >= 4 is 17.5 Å². The first-order valence-corrected chi connectivity index (χ1v) is 5.30. The van der Waals surface area contributed by atoms with Crippen molar-refractivity contribution in [1.29, 1.82) is 0 Å². The monoisotopic (exact) mass is 244 g/mol. The average Bonchev–Trinajstić information content (AvgIpc) is 2.39. The van der Waals surface area contributed by atoms with Gasteiger partial charge in [0.05, 0.1) is 5.69 Å². The highest BCUT2D eigenvalue weighted by Gasteiger charge is 2.06. The summed E-state index contributed by atoms with van der Waals surface area (Å²) < 4.78 is 5.28. The molecule has 0 radical (unpaired) electrons. The van der Waals surface area contributed by atoms with Crippen LogP contribution in [0.15, 0.2) is 42.7 Å². The number of nitrogens with zero attached hydrogens (tertiary/aromatic N) is 2. The Morgan fingerprint density at radius 3 is 2.67 bits per heavy atom. The van der Waals surface area contributed by atoms with Gasteiger partial charge in [0.1, 0.15) is 5.75 Å². The van der Waals surface area contributed by atoms with Gasteiger partial charge in [0, 0.05) is 12.4 Å². The molecule has 0 atom stereocenters. The molecule has 6 heteroatoms. The first-order valence-electron chi connectivity index (χ1n) is 5.30. The second-order valence-corrected chi connectivity index (χ2v) is 3.45. The Hall–Kier alpha value is -2.63. The van der Waals surface area contributed by atoms with Crippen LogP contribution in [0, 0.1) is 0 Å². The van der Waals surface area contributed by atoms with Crippen molar-refractivity contribution in [2.75, 3.05) is 17.7 Å². The van der Waals surface area contributed by atoms with Crippen LogP contribution in [0.1, 0.15) is 0 Å². The number of rotatable bonds is 4. The minimum absolute atomic E-state index is 0.146. The molecular formula is C12H12N4O2. The van der Waals surface area contributed by atoms with E-state index in [1.165, 1.54) is 0 Å². The quantitative estimate of drug-likeness (QED) is 0.785. The molecule has 0 aliphatic heterocycles. The predicted molar refractivity (Wildman–Crippen MR) is 67.0 cm³/mol. The van der Waals surface area contributed by atoms with Gasteiger partial charge in [-0.25, -0.2) is 9.97 Å². The van der Waals surface area contributed by atoms with Gasteiger partial charge in [-0.05, 0) is 18.2 Å². The highest BCUT2D eigenvalue weighted by molar-refractivity contribution is 5.90. The van der Waals surface area contributed by atoms with Gasteiger partial charge in [-0.3, -0.25) is 10.1 Å². The molecule has 0 bridgehead atoms. The minimum atomic E-state index is -0.343. The van der Waals surface area contributed by atoms with Gasteiger partial charge < -0.3 is 10.5 Å². The first kappa shape index (κ1) is 11.8. The molecule has 1 aromatic carbocycles. The first-order chi connectivity index (χ1) is 8.75. The number of amides is 1. The van der Waals surface area contributed by atoms with Gasteiger partial charge in [0.15, 0.2) is 6.61 Å². The molecule has 2 aromatic rings. The molecule has 0 saturated carbocycles. The van der Waals surface area contributed by atoms with Crippen LogP contribution in [0.25, 0.3) is 0 Å². The zero-order valence-corrected chi connectivity index (χ0v) is 9.54. The number of nitrogen functional groups attached to an aromatic ring is 1. The molecule has 0 aliphatic rings. The number of ether oxygens (including phenoxy) is 1. The normalized spacial score (nSPS) is 9.78. The lowest BCUT2D eigenvalue weighted by Crippen LogP contribution is -2.21. The smallest absolute Gasteiger partial charge is 0.264 e. The summed E-state index contributed by atoms with van der Waals surface area (Å²) in [6, 6.07) is 8.63. The maximum absolute atomic E-state index is 11.5. The Kier molecular flexibility index (Phi) is 3.70. The predicted octanol–water partition coefficient (Wildman–Crippen LogP) is 1.08. The van der Waals surface area contributed by atoms with Crippen LogP contribution < -0.4 is 15.8 Å². The maximum atomic E-state index is 11.5. The molecule has 0 unspecified atom stereocenters. The zero-order valence-electron chi connectivity index (χ0n) is 9.54.